The van der Waals surface area contributed by atoms with E-state index >= 15 is 0 Å². The Hall–Kier alpha value is -1.60. The van der Waals surface area contributed by atoms with E-state index in [4.69, 9.17) is 5.11 Å². The van der Waals surface area contributed by atoms with Gasteiger partial charge in [-0.3, -0.25) is 9.19 Å². The van der Waals surface area contributed by atoms with Crippen molar-refractivity contribution in [3.63, 3.8) is 0 Å². The molecule has 0 fully saturated rings. The van der Waals surface area contributed by atoms with Crippen molar-refractivity contribution < 1.29 is 18.5 Å². The van der Waals surface area contributed by atoms with Crippen molar-refractivity contribution >= 4 is 32.7 Å². The fraction of sp³-hybridized carbons (Fsp3) is 0.0769. The van der Waals surface area contributed by atoms with E-state index < -0.39 is 22.6 Å². The topological polar surface area (TPSA) is 67.3 Å². The highest BCUT2D eigenvalue weighted by atomic mass is 79.9. The lowest BCUT2D eigenvalue weighted by Gasteiger charge is -2.05. The molecule has 1 N–H and O–H groups in total. The van der Waals surface area contributed by atoms with Crippen molar-refractivity contribution in [2.75, 3.05) is 0 Å². The molecule has 1 heterocycles. The van der Waals surface area contributed by atoms with Crippen molar-refractivity contribution in [2.24, 2.45) is 0 Å². The van der Waals surface area contributed by atoms with Crippen molar-refractivity contribution in [3.05, 3.63) is 58.1 Å². The zero-order valence-corrected chi connectivity index (χ0v) is 12.4. The predicted octanol–water partition coefficient (Wildman–Crippen LogP) is 2.99. The highest BCUT2D eigenvalue weighted by molar-refractivity contribution is 9.10. The lowest BCUT2D eigenvalue weighted by Crippen LogP contribution is -2.04. The van der Waals surface area contributed by atoms with Gasteiger partial charge in [0, 0.05) is 10.7 Å². The summed E-state index contributed by atoms with van der Waals surface area (Å²) in [5.74, 6) is -1.86. The van der Waals surface area contributed by atoms with Crippen LogP contribution in [0.3, 0.4) is 0 Å². The molecule has 0 amide bonds. The Balaban J connectivity index is 2.26. The first-order chi connectivity index (χ1) is 9.47. The van der Waals surface area contributed by atoms with Gasteiger partial charge in [-0.15, -0.1) is 0 Å². The van der Waals surface area contributed by atoms with Crippen molar-refractivity contribution in [1.82, 2.24) is 4.98 Å². The number of carbonyl (C=O) groups is 1. The number of carboxylic acid groups (broad SMARTS) is 1. The third-order valence-electron chi connectivity index (χ3n) is 2.49. The summed E-state index contributed by atoms with van der Waals surface area (Å²) in [5.41, 5.74) is 0.435. The molecule has 0 bridgehead atoms. The number of carboxylic acids is 1. The molecule has 0 saturated carbocycles. The number of halogens is 2. The third-order valence-corrected chi connectivity index (χ3v) is 4.32. The summed E-state index contributed by atoms with van der Waals surface area (Å²) in [5, 5.41) is 8.86. The lowest BCUT2D eigenvalue weighted by atomic mass is 10.2. The van der Waals surface area contributed by atoms with Gasteiger partial charge in [0.05, 0.1) is 32.7 Å². The van der Waals surface area contributed by atoms with E-state index in [0.29, 0.717) is 5.69 Å². The van der Waals surface area contributed by atoms with Crippen LogP contribution in [-0.4, -0.2) is 20.3 Å². The quantitative estimate of drug-likeness (QED) is 0.913. The second-order valence-corrected chi connectivity index (χ2v) is 6.24. The average Bonchev–Trinajstić information content (AvgIpc) is 2.41. The standard InChI is InChI=1S/C13H9BrFNO3S/c14-9-2-3-10(16-6-9)7-20(19)12-5-8(13(17)18)1-4-11(12)15/h1-6H,7H2,(H,17,18). The average molecular weight is 358 g/mol. The largest absolute Gasteiger partial charge is 0.478 e. The van der Waals surface area contributed by atoms with Crippen LogP contribution in [0.15, 0.2) is 45.9 Å². The summed E-state index contributed by atoms with van der Waals surface area (Å²) in [6, 6.07) is 6.64. The first-order valence-electron chi connectivity index (χ1n) is 5.49. The second-order valence-electron chi connectivity index (χ2n) is 3.91. The van der Waals surface area contributed by atoms with Gasteiger partial charge in [0.15, 0.2) is 0 Å². The molecule has 104 valence electrons. The van der Waals surface area contributed by atoms with E-state index in [-0.39, 0.29) is 16.2 Å². The Labute approximate surface area is 125 Å². The molecule has 0 radical (unpaired) electrons. The normalized spacial score (nSPS) is 12.1. The monoisotopic (exact) mass is 357 g/mol. The van der Waals surface area contributed by atoms with Crippen LogP contribution >= 0.6 is 15.9 Å². The van der Waals surface area contributed by atoms with E-state index in [1.54, 1.807) is 18.3 Å². The van der Waals surface area contributed by atoms with Gasteiger partial charge < -0.3 is 5.11 Å². The number of hydrogen-bond donors (Lipinski definition) is 1. The number of aromatic nitrogens is 1. The minimum absolute atomic E-state index is 0.0211. The van der Waals surface area contributed by atoms with Gasteiger partial charge >= 0.3 is 5.97 Å². The zero-order chi connectivity index (χ0) is 14.7. The van der Waals surface area contributed by atoms with E-state index in [2.05, 4.69) is 20.9 Å². The SMILES string of the molecule is O=C(O)c1ccc(F)c(S(=O)Cc2ccc(Br)cn2)c1. The number of benzene rings is 1. The van der Waals surface area contributed by atoms with Gasteiger partial charge in [-0.05, 0) is 46.3 Å². The maximum atomic E-state index is 13.6. The van der Waals surface area contributed by atoms with Crippen LogP contribution in [-0.2, 0) is 16.6 Å². The highest BCUT2D eigenvalue weighted by Crippen LogP contribution is 2.18. The van der Waals surface area contributed by atoms with Crippen LogP contribution in [0.25, 0.3) is 0 Å². The molecule has 1 aromatic carbocycles. The van der Waals surface area contributed by atoms with Gasteiger partial charge in [-0.1, -0.05) is 0 Å². The van der Waals surface area contributed by atoms with Gasteiger partial charge in [0.25, 0.3) is 0 Å². The van der Waals surface area contributed by atoms with Gasteiger partial charge in [0.1, 0.15) is 5.82 Å². The van der Waals surface area contributed by atoms with Crippen LogP contribution in [0, 0.1) is 5.82 Å². The first kappa shape index (κ1) is 14.8. The molecule has 7 heteroatoms. The van der Waals surface area contributed by atoms with E-state index in [9.17, 15) is 13.4 Å². The summed E-state index contributed by atoms with van der Waals surface area (Å²) in [4.78, 5) is 14.8. The van der Waals surface area contributed by atoms with Crippen LogP contribution in [0.1, 0.15) is 16.1 Å². The summed E-state index contributed by atoms with van der Waals surface area (Å²) in [6.45, 7) is 0. The highest BCUT2D eigenvalue weighted by Gasteiger charge is 2.14. The number of nitrogens with zero attached hydrogens (tertiary/aromatic N) is 1. The molecule has 2 rings (SSSR count). The van der Waals surface area contributed by atoms with Crippen molar-refractivity contribution in [1.29, 1.82) is 0 Å². The summed E-state index contributed by atoms with van der Waals surface area (Å²) in [7, 11) is -1.70. The third kappa shape index (κ3) is 3.49. The summed E-state index contributed by atoms with van der Waals surface area (Å²) in [6.07, 6.45) is 1.55. The molecule has 0 aliphatic heterocycles. The molecular weight excluding hydrogens is 349 g/mol. The maximum absolute atomic E-state index is 13.6. The molecule has 0 aliphatic rings. The maximum Gasteiger partial charge on any atom is 0.335 e. The smallest absolute Gasteiger partial charge is 0.335 e. The molecule has 1 unspecified atom stereocenters. The van der Waals surface area contributed by atoms with Crippen LogP contribution in [0.5, 0.6) is 0 Å². The number of aromatic carboxylic acids is 1. The Kier molecular flexibility index (Phi) is 4.61. The molecular formula is C13H9BrFNO3S. The predicted molar refractivity (Wildman–Crippen MR) is 75.4 cm³/mol. The molecule has 20 heavy (non-hydrogen) atoms. The van der Waals surface area contributed by atoms with E-state index in [1.165, 1.54) is 0 Å². The number of rotatable bonds is 4. The minimum Gasteiger partial charge on any atom is -0.478 e. The number of hydrogen-bond acceptors (Lipinski definition) is 3. The molecule has 1 atom stereocenters. The Morgan fingerprint density at radius 2 is 2.10 bits per heavy atom. The van der Waals surface area contributed by atoms with Gasteiger partial charge in [-0.2, -0.15) is 0 Å². The molecule has 0 aliphatic carbocycles. The Morgan fingerprint density at radius 1 is 1.35 bits per heavy atom. The molecule has 0 saturated heterocycles. The summed E-state index contributed by atoms with van der Waals surface area (Å²) < 4.78 is 26.5. The molecule has 4 nitrogen and oxygen atoms in total. The summed E-state index contributed by atoms with van der Waals surface area (Å²) >= 11 is 3.23. The molecule has 2 aromatic rings. The van der Waals surface area contributed by atoms with Crippen LogP contribution < -0.4 is 0 Å². The molecule has 0 spiro atoms. The van der Waals surface area contributed by atoms with Gasteiger partial charge in [0.2, 0.25) is 0 Å². The zero-order valence-electron chi connectivity index (χ0n) is 10.0. The second kappa shape index (κ2) is 6.23. The Morgan fingerprint density at radius 3 is 2.70 bits per heavy atom. The van der Waals surface area contributed by atoms with E-state index in [0.717, 1.165) is 22.7 Å². The van der Waals surface area contributed by atoms with Crippen molar-refractivity contribution in [3.8, 4) is 0 Å². The fourth-order valence-electron chi connectivity index (χ4n) is 1.51. The molecule has 1 aromatic heterocycles. The van der Waals surface area contributed by atoms with E-state index in [1.807, 2.05) is 0 Å². The van der Waals surface area contributed by atoms with Crippen molar-refractivity contribution in [2.45, 2.75) is 10.6 Å². The van der Waals surface area contributed by atoms with Gasteiger partial charge in [-0.25, -0.2) is 9.18 Å². The fourth-order valence-corrected chi connectivity index (χ4v) is 2.89. The first-order valence-corrected chi connectivity index (χ1v) is 7.60. The Bertz CT molecular complexity index is 676. The number of pyridine rings is 1. The van der Waals surface area contributed by atoms with Crippen LogP contribution in [0.2, 0.25) is 0 Å². The van der Waals surface area contributed by atoms with Crippen LogP contribution in [0.4, 0.5) is 4.39 Å². The minimum atomic E-state index is -1.70. The lowest BCUT2D eigenvalue weighted by molar-refractivity contribution is 0.0696.